The topological polar surface area (TPSA) is 70.0 Å². The van der Waals surface area contributed by atoms with E-state index in [1.165, 1.54) is 6.07 Å². The van der Waals surface area contributed by atoms with Crippen molar-refractivity contribution in [3.8, 4) is 6.07 Å². The maximum atomic E-state index is 11.9. The summed E-state index contributed by atoms with van der Waals surface area (Å²) in [5.74, 6) is 0. The van der Waals surface area contributed by atoms with Crippen molar-refractivity contribution >= 4 is 10.0 Å². The summed E-state index contributed by atoms with van der Waals surface area (Å²) in [5.41, 5.74) is 0.526. The third-order valence-electron chi connectivity index (χ3n) is 1.92. The smallest absolute Gasteiger partial charge is 0.209 e. The largest absolute Gasteiger partial charge is 0.241 e. The Morgan fingerprint density at radius 2 is 2.00 bits per heavy atom. The predicted molar refractivity (Wildman–Crippen MR) is 61.2 cm³/mol. The van der Waals surface area contributed by atoms with Gasteiger partial charge in [-0.1, -0.05) is 18.2 Å². The van der Waals surface area contributed by atoms with E-state index in [1.54, 1.807) is 32.0 Å². The van der Waals surface area contributed by atoms with Gasteiger partial charge in [0.2, 0.25) is 10.0 Å². The van der Waals surface area contributed by atoms with Gasteiger partial charge in [0, 0.05) is 6.04 Å². The van der Waals surface area contributed by atoms with Crippen molar-refractivity contribution in [3.05, 3.63) is 29.8 Å². The molecular weight excluding hydrogens is 224 g/mol. The minimum Gasteiger partial charge on any atom is -0.209 e. The Balaban J connectivity index is 3.18. The molecule has 1 rings (SSSR count). The van der Waals surface area contributed by atoms with Crippen molar-refractivity contribution in [1.82, 2.24) is 4.72 Å². The summed E-state index contributed by atoms with van der Waals surface area (Å²) in [5, 5.41) is 8.63. The molecule has 0 aliphatic carbocycles. The molecule has 0 aliphatic heterocycles. The number of nitriles is 1. The van der Waals surface area contributed by atoms with E-state index in [0.717, 1.165) is 0 Å². The van der Waals surface area contributed by atoms with Crippen molar-refractivity contribution in [1.29, 1.82) is 5.26 Å². The molecule has 1 aromatic carbocycles. The molecule has 1 N–H and O–H groups in total. The SMILES string of the molecule is CC(C)NS(=O)(=O)c1ccccc1CC#N. The lowest BCUT2D eigenvalue weighted by atomic mass is 10.2. The Morgan fingerprint density at radius 3 is 2.56 bits per heavy atom. The molecule has 0 saturated heterocycles. The maximum absolute atomic E-state index is 11.9. The fourth-order valence-electron chi connectivity index (χ4n) is 1.37. The van der Waals surface area contributed by atoms with Crippen LogP contribution < -0.4 is 4.72 Å². The summed E-state index contributed by atoms with van der Waals surface area (Å²) in [6.07, 6.45) is 0.0924. The lowest BCUT2D eigenvalue weighted by molar-refractivity contribution is 0.569. The second-order valence-corrected chi connectivity index (χ2v) is 5.40. The molecule has 0 aromatic heterocycles. The molecule has 16 heavy (non-hydrogen) atoms. The zero-order chi connectivity index (χ0) is 12.2. The normalized spacial score (nSPS) is 11.4. The Labute approximate surface area is 96.0 Å². The molecule has 86 valence electrons. The number of sulfonamides is 1. The fraction of sp³-hybridized carbons (Fsp3) is 0.364. The van der Waals surface area contributed by atoms with Gasteiger partial charge in [0.1, 0.15) is 0 Å². The van der Waals surface area contributed by atoms with E-state index in [4.69, 9.17) is 5.26 Å². The van der Waals surface area contributed by atoms with Crippen LogP contribution in [0, 0.1) is 11.3 Å². The van der Waals surface area contributed by atoms with Gasteiger partial charge in [-0.25, -0.2) is 13.1 Å². The van der Waals surface area contributed by atoms with Crippen molar-refractivity contribution in [2.75, 3.05) is 0 Å². The molecule has 0 amide bonds. The van der Waals surface area contributed by atoms with Crippen LogP contribution in [0.5, 0.6) is 0 Å². The first-order valence-corrected chi connectivity index (χ1v) is 6.43. The molecular formula is C11H14N2O2S. The third kappa shape index (κ3) is 3.05. The lowest BCUT2D eigenvalue weighted by Gasteiger charge is -2.11. The van der Waals surface area contributed by atoms with E-state index in [1.807, 2.05) is 6.07 Å². The van der Waals surface area contributed by atoms with Gasteiger partial charge in [0.05, 0.1) is 17.4 Å². The number of hydrogen-bond acceptors (Lipinski definition) is 3. The van der Waals surface area contributed by atoms with Gasteiger partial charge in [-0.2, -0.15) is 5.26 Å². The summed E-state index contributed by atoms with van der Waals surface area (Å²) < 4.78 is 26.3. The van der Waals surface area contributed by atoms with Crippen LogP contribution in [-0.2, 0) is 16.4 Å². The van der Waals surface area contributed by atoms with Crippen LogP contribution in [0.4, 0.5) is 0 Å². The van der Waals surface area contributed by atoms with Gasteiger partial charge in [0.15, 0.2) is 0 Å². The first kappa shape index (κ1) is 12.7. The zero-order valence-electron chi connectivity index (χ0n) is 9.27. The zero-order valence-corrected chi connectivity index (χ0v) is 10.1. The van der Waals surface area contributed by atoms with Crippen LogP contribution in [0.2, 0.25) is 0 Å². The van der Waals surface area contributed by atoms with Gasteiger partial charge in [-0.15, -0.1) is 0 Å². The highest BCUT2D eigenvalue weighted by Gasteiger charge is 2.18. The van der Waals surface area contributed by atoms with E-state index < -0.39 is 10.0 Å². The van der Waals surface area contributed by atoms with Gasteiger partial charge in [0.25, 0.3) is 0 Å². The molecule has 0 bridgehead atoms. The summed E-state index contributed by atoms with van der Waals surface area (Å²) in [6.45, 7) is 3.51. The Bertz CT molecular complexity index is 501. The summed E-state index contributed by atoms with van der Waals surface area (Å²) >= 11 is 0. The molecule has 1 aromatic rings. The van der Waals surface area contributed by atoms with E-state index in [-0.39, 0.29) is 17.4 Å². The molecule has 0 spiro atoms. The van der Waals surface area contributed by atoms with Crippen LogP contribution >= 0.6 is 0 Å². The van der Waals surface area contributed by atoms with Crippen LogP contribution in [0.1, 0.15) is 19.4 Å². The minimum atomic E-state index is -3.51. The van der Waals surface area contributed by atoms with Crippen molar-refractivity contribution in [2.45, 2.75) is 31.2 Å². The van der Waals surface area contributed by atoms with E-state index in [2.05, 4.69) is 4.72 Å². The van der Waals surface area contributed by atoms with Crippen LogP contribution in [0.25, 0.3) is 0 Å². The second-order valence-electron chi connectivity index (χ2n) is 3.72. The Morgan fingerprint density at radius 1 is 1.38 bits per heavy atom. The monoisotopic (exact) mass is 238 g/mol. The first-order chi connectivity index (χ1) is 7.47. The molecule has 5 heteroatoms. The van der Waals surface area contributed by atoms with Gasteiger partial charge >= 0.3 is 0 Å². The van der Waals surface area contributed by atoms with E-state index >= 15 is 0 Å². The first-order valence-electron chi connectivity index (χ1n) is 4.94. The summed E-state index contributed by atoms with van der Waals surface area (Å²) in [4.78, 5) is 0.185. The molecule has 0 heterocycles. The van der Waals surface area contributed by atoms with Gasteiger partial charge < -0.3 is 0 Å². The number of nitrogens with zero attached hydrogens (tertiary/aromatic N) is 1. The molecule has 0 saturated carbocycles. The fourth-order valence-corrected chi connectivity index (χ4v) is 2.86. The Kier molecular flexibility index (Phi) is 4.05. The number of hydrogen-bond donors (Lipinski definition) is 1. The van der Waals surface area contributed by atoms with Crippen molar-refractivity contribution in [3.63, 3.8) is 0 Å². The molecule has 0 aliphatic rings. The molecule has 0 atom stereocenters. The van der Waals surface area contributed by atoms with Crippen LogP contribution in [0.15, 0.2) is 29.2 Å². The highest BCUT2D eigenvalue weighted by Crippen LogP contribution is 2.15. The molecule has 4 nitrogen and oxygen atoms in total. The number of rotatable bonds is 4. The van der Waals surface area contributed by atoms with E-state index in [9.17, 15) is 8.42 Å². The molecule has 0 fully saturated rings. The van der Waals surface area contributed by atoms with E-state index in [0.29, 0.717) is 5.56 Å². The van der Waals surface area contributed by atoms with Crippen LogP contribution in [-0.4, -0.2) is 14.5 Å². The van der Waals surface area contributed by atoms with Crippen molar-refractivity contribution < 1.29 is 8.42 Å². The second kappa shape index (κ2) is 5.10. The highest BCUT2D eigenvalue weighted by atomic mass is 32.2. The number of nitrogens with one attached hydrogen (secondary N) is 1. The quantitative estimate of drug-likeness (QED) is 0.862. The lowest BCUT2D eigenvalue weighted by Crippen LogP contribution is -2.30. The third-order valence-corrected chi connectivity index (χ3v) is 3.68. The maximum Gasteiger partial charge on any atom is 0.241 e. The highest BCUT2D eigenvalue weighted by molar-refractivity contribution is 7.89. The standard InChI is InChI=1S/C11H14N2O2S/c1-9(2)13-16(14,15)11-6-4-3-5-10(11)7-8-12/h3-6,9,13H,7H2,1-2H3. The molecule has 0 radical (unpaired) electrons. The van der Waals surface area contributed by atoms with Gasteiger partial charge in [-0.05, 0) is 25.5 Å². The Hall–Kier alpha value is -1.38. The molecule has 0 unspecified atom stereocenters. The van der Waals surface area contributed by atoms with Crippen molar-refractivity contribution in [2.24, 2.45) is 0 Å². The number of benzene rings is 1. The average Bonchev–Trinajstić information content (AvgIpc) is 2.17. The van der Waals surface area contributed by atoms with Crippen LogP contribution in [0.3, 0.4) is 0 Å². The average molecular weight is 238 g/mol. The minimum absolute atomic E-state index is 0.0924. The van der Waals surface area contributed by atoms with Gasteiger partial charge in [-0.3, -0.25) is 0 Å². The predicted octanol–water partition coefficient (Wildman–Crippen LogP) is 1.44. The summed E-state index contributed by atoms with van der Waals surface area (Å²) in [6, 6.07) is 8.33. The summed E-state index contributed by atoms with van der Waals surface area (Å²) in [7, 11) is -3.51.